The molecule has 2 bridgehead atoms. The zero-order valence-electron chi connectivity index (χ0n) is 21.3. The number of fused-ring (bicyclic) bond motifs is 3. The summed E-state index contributed by atoms with van der Waals surface area (Å²) >= 11 is 0. The normalized spacial score (nSPS) is 21.6. The fraction of sp³-hybridized carbons (Fsp3) is 0.379. The molecule has 0 aliphatic carbocycles. The SMILES string of the molecule is CC(C)(O)Cn1nnc2cc(-c3ccc(CN4[C@@H]5CC[C@H]4[C@@H](N)C5)cc3-c3cccc(F)c3)c(F)c(F)c21. The van der Waals surface area contributed by atoms with Crippen molar-refractivity contribution in [1.82, 2.24) is 19.9 Å². The molecule has 3 N–H and O–H groups in total. The molecule has 0 amide bonds. The maximum absolute atomic E-state index is 15.7. The minimum atomic E-state index is -1.19. The van der Waals surface area contributed by atoms with E-state index < -0.39 is 23.1 Å². The first-order valence-corrected chi connectivity index (χ1v) is 12.9. The average Bonchev–Trinajstić information content (AvgIpc) is 3.52. The minimum absolute atomic E-state index is 0.0133. The third-order valence-corrected chi connectivity index (χ3v) is 7.82. The Hall–Kier alpha value is -3.27. The Morgan fingerprint density at radius 2 is 1.82 bits per heavy atom. The highest BCUT2D eigenvalue weighted by Gasteiger charge is 2.44. The van der Waals surface area contributed by atoms with Crippen LogP contribution in [0.15, 0.2) is 48.5 Å². The van der Waals surface area contributed by atoms with Crippen LogP contribution in [-0.4, -0.2) is 48.7 Å². The quantitative estimate of drug-likeness (QED) is 0.373. The number of aliphatic hydroxyl groups is 1. The standard InChI is InChI=1S/C29H30F3N5O/c1-29(2,38)15-37-28-24(34-35-37)13-22(26(31)27(28)32)20-8-6-16(10-21(20)17-4-3-5-18(30)11-17)14-36-19-7-9-25(36)23(33)12-19/h3-6,8,10-11,13,19,23,25,38H,7,9,12,14-15,33H2,1-2H3/t19-,23+,25+/m1/s1. The van der Waals surface area contributed by atoms with Crippen molar-refractivity contribution in [2.45, 2.75) is 69.9 Å². The maximum Gasteiger partial charge on any atom is 0.187 e. The molecular weight excluding hydrogens is 491 g/mol. The first kappa shape index (κ1) is 25.0. The molecule has 6 nitrogen and oxygen atoms in total. The first-order valence-electron chi connectivity index (χ1n) is 12.9. The fourth-order valence-electron chi connectivity index (χ4n) is 6.17. The van der Waals surface area contributed by atoms with Crippen molar-refractivity contribution in [2.24, 2.45) is 5.73 Å². The van der Waals surface area contributed by atoms with Crippen LogP contribution in [0.2, 0.25) is 0 Å². The Morgan fingerprint density at radius 3 is 2.50 bits per heavy atom. The van der Waals surface area contributed by atoms with Crippen LogP contribution in [0, 0.1) is 17.5 Å². The van der Waals surface area contributed by atoms with Gasteiger partial charge in [-0.1, -0.05) is 29.5 Å². The van der Waals surface area contributed by atoms with Crippen LogP contribution < -0.4 is 5.73 Å². The summed E-state index contributed by atoms with van der Waals surface area (Å²) in [6, 6.07) is 14.1. The van der Waals surface area contributed by atoms with Crippen molar-refractivity contribution in [3.05, 3.63) is 71.5 Å². The Balaban J connectivity index is 1.46. The molecule has 9 heteroatoms. The van der Waals surface area contributed by atoms with E-state index in [2.05, 4.69) is 15.2 Å². The third kappa shape index (κ3) is 4.38. The van der Waals surface area contributed by atoms with Gasteiger partial charge in [0.15, 0.2) is 11.6 Å². The van der Waals surface area contributed by atoms with Crippen molar-refractivity contribution >= 4 is 11.0 Å². The molecule has 0 unspecified atom stereocenters. The predicted molar refractivity (Wildman–Crippen MR) is 140 cm³/mol. The largest absolute Gasteiger partial charge is 0.389 e. The van der Waals surface area contributed by atoms with Gasteiger partial charge in [-0.2, -0.15) is 0 Å². The highest BCUT2D eigenvalue weighted by atomic mass is 19.2. The van der Waals surface area contributed by atoms with Crippen molar-refractivity contribution in [1.29, 1.82) is 0 Å². The zero-order chi connectivity index (χ0) is 26.8. The summed E-state index contributed by atoms with van der Waals surface area (Å²) in [6.45, 7) is 3.74. The topological polar surface area (TPSA) is 80.2 Å². The second-order valence-corrected chi connectivity index (χ2v) is 11.2. The molecule has 1 aromatic heterocycles. The van der Waals surface area contributed by atoms with E-state index in [1.165, 1.54) is 22.9 Å². The maximum atomic E-state index is 15.7. The van der Waals surface area contributed by atoms with Crippen LogP contribution in [0.25, 0.3) is 33.3 Å². The van der Waals surface area contributed by atoms with Crippen molar-refractivity contribution < 1.29 is 18.3 Å². The molecule has 3 atom stereocenters. The van der Waals surface area contributed by atoms with Gasteiger partial charge in [-0.05, 0) is 79.6 Å². The summed E-state index contributed by atoms with van der Waals surface area (Å²) in [5.41, 5.74) is 7.78. The first-order chi connectivity index (χ1) is 18.1. The van der Waals surface area contributed by atoms with Gasteiger partial charge in [-0.25, -0.2) is 17.9 Å². The van der Waals surface area contributed by atoms with E-state index in [1.54, 1.807) is 32.0 Å². The van der Waals surface area contributed by atoms with E-state index in [-0.39, 0.29) is 29.2 Å². The van der Waals surface area contributed by atoms with E-state index in [9.17, 15) is 9.50 Å². The summed E-state index contributed by atoms with van der Waals surface area (Å²) in [7, 11) is 0. The molecule has 2 fully saturated rings. The van der Waals surface area contributed by atoms with Crippen molar-refractivity contribution in [2.75, 3.05) is 0 Å². The number of benzene rings is 3. The van der Waals surface area contributed by atoms with Crippen molar-refractivity contribution in [3.8, 4) is 22.3 Å². The number of hydrogen-bond acceptors (Lipinski definition) is 5. The summed E-state index contributed by atoms with van der Waals surface area (Å²) in [5.74, 6) is -2.56. The van der Waals surface area contributed by atoms with Crippen LogP contribution in [0.1, 0.15) is 38.7 Å². The molecule has 38 heavy (non-hydrogen) atoms. The van der Waals surface area contributed by atoms with Gasteiger partial charge in [0.1, 0.15) is 16.9 Å². The van der Waals surface area contributed by atoms with Crippen molar-refractivity contribution in [3.63, 3.8) is 0 Å². The van der Waals surface area contributed by atoms with Crippen LogP contribution in [0.4, 0.5) is 13.2 Å². The van der Waals surface area contributed by atoms with Crippen LogP contribution in [0.3, 0.4) is 0 Å². The minimum Gasteiger partial charge on any atom is -0.389 e. The molecule has 0 radical (unpaired) electrons. The second-order valence-electron chi connectivity index (χ2n) is 11.2. The number of rotatable bonds is 6. The highest BCUT2D eigenvalue weighted by molar-refractivity contribution is 5.89. The Morgan fingerprint density at radius 1 is 1.00 bits per heavy atom. The lowest BCUT2D eigenvalue weighted by Crippen LogP contribution is -2.36. The Kier molecular flexibility index (Phi) is 6.05. The number of nitrogens with two attached hydrogens (primary N) is 1. The molecule has 3 heterocycles. The lowest BCUT2D eigenvalue weighted by Gasteiger charge is -2.23. The monoisotopic (exact) mass is 521 g/mol. The van der Waals surface area contributed by atoms with Gasteiger partial charge in [-0.3, -0.25) is 4.90 Å². The smallest absolute Gasteiger partial charge is 0.187 e. The molecule has 198 valence electrons. The molecule has 2 aliphatic rings. The molecule has 2 aliphatic heterocycles. The molecule has 4 aromatic rings. The van der Waals surface area contributed by atoms with Gasteiger partial charge in [0.2, 0.25) is 0 Å². The predicted octanol–water partition coefficient (Wildman–Crippen LogP) is 5.02. The lowest BCUT2D eigenvalue weighted by atomic mass is 9.92. The molecule has 3 aromatic carbocycles. The van der Waals surface area contributed by atoms with Gasteiger partial charge >= 0.3 is 0 Å². The second kappa shape index (κ2) is 9.18. The van der Waals surface area contributed by atoms with Crippen LogP contribution >= 0.6 is 0 Å². The Bertz CT molecular complexity index is 1530. The molecule has 6 rings (SSSR count). The molecule has 0 spiro atoms. The number of aromatic nitrogens is 3. The van der Waals surface area contributed by atoms with E-state index in [1.807, 2.05) is 12.1 Å². The summed E-state index contributed by atoms with van der Waals surface area (Å²) in [5, 5.41) is 18.1. The zero-order valence-corrected chi connectivity index (χ0v) is 21.3. The van der Waals surface area contributed by atoms with Gasteiger partial charge in [-0.15, -0.1) is 5.10 Å². The molecule has 0 saturated carbocycles. The van der Waals surface area contributed by atoms with Crippen LogP contribution in [-0.2, 0) is 13.1 Å². The summed E-state index contributed by atoms with van der Waals surface area (Å²) in [6.07, 6.45) is 3.20. The van der Waals surface area contributed by atoms with Gasteiger partial charge in [0.25, 0.3) is 0 Å². The van der Waals surface area contributed by atoms with Gasteiger partial charge < -0.3 is 10.8 Å². The lowest BCUT2D eigenvalue weighted by molar-refractivity contribution is 0.0583. The van der Waals surface area contributed by atoms with E-state index in [4.69, 9.17) is 5.73 Å². The Labute approximate surface area is 218 Å². The molecule has 2 saturated heterocycles. The highest BCUT2D eigenvalue weighted by Crippen LogP contribution is 2.40. The fourth-order valence-corrected chi connectivity index (χ4v) is 6.17. The number of hydrogen-bond donors (Lipinski definition) is 2. The van der Waals surface area contributed by atoms with E-state index in [0.29, 0.717) is 35.3 Å². The van der Waals surface area contributed by atoms with E-state index in [0.717, 1.165) is 24.8 Å². The summed E-state index contributed by atoms with van der Waals surface area (Å²) in [4.78, 5) is 2.43. The molecular formula is C29H30F3N5O. The number of halogens is 3. The third-order valence-electron chi connectivity index (χ3n) is 7.82. The summed E-state index contributed by atoms with van der Waals surface area (Å²) < 4.78 is 46.5. The van der Waals surface area contributed by atoms with Gasteiger partial charge in [0, 0.05) is 30.2 Å². The van der Waals surface area contributed by atoms with Crippen LogP contribution in [0.5, 0.6) is 0 Å². The van der Waals surface area contributed by atoms with Gasteiger partial charge in [0.05, 0.1) is 12.1 Å². The number of nitrogens with zero attached hydrogens (tertiary/aromatic N) is 4. The average molecular weight is 522 g/mol. The van der Waals surface area contributed by atoms with E-state index >= 15 is 8.78 Å².